The highest BCUT2D eigenvalue weighted by molar-refractivity contribution is 6.07. The number of anilines is 1. The van der Waals surface area contributed by atoms with E-state index in [0.717, 1.165) is 5.56 Å². The number of carbonyl (C=O) groups is 1. The van der Waals surface area contributed by atoms with E-state index in [-0.39, 0.29) is 22.6 Å². The van der Waals surface area contributed by atoms with Gasteiger partial charge in [0, 0.05) is 17.2 Å². The van der Waals surface area contributed by atoms with Gasteiger partial charge in [0.05, 0.1) is 10.8 Å². The van der Waals surface area contributed by atoms with Crippen LogP contribution in [-0.4, -0.2) is 28.2 Å². The smallest absolute Gasteiger partial charge is 0.353 e. The summed E-state index contributed by atoms with van der Waals surface area (Å²) in [6.07, 6.45) is -4.78. The maximum Gasteiger partial charge on any atom is 0.404 e. The first-order valence-corrected chi connectivity index (χ1v) is 10.5. The molecule has 5 rings (SSSR count). The van der Waals surface area contributed by atoms with Gasteiger partial charge in [0.15, 0.2) is 5.69 Å². The Balaban J connectivity index is 1.85. The van der Waals surface area contributed by atoms with E-state index in [1.807, 2.05) is 0 Å². The molecule has 11 heteroatoms. The summed E-state index contributed by atoms with van der Waals surface area (Å²) < 4.78 is 48.8. The lowest BCUT2D eigenvalue weighted by Gasteiger charge is -2.29. The van der Waals surface area contributed by atoms with Crippen molar-refractivity contribution in [2.75, 3.05) is 5.32 Å². The molecule has 1 amide bonds. The molecule has 34 heavy (non-hydrogen) atoms. The normalized spacial score (nSPS) is 26.0. The highest BCUT2D eigenvalue weighted by Gasteiger charge is 2.69. The van der Waals surface area contributed by atoms with Crippen LogP contribution in [0.25, 0.3) is 0 Å². The number of hydrogen-bond donors (Lipinski definition) is 2. The van der Waals surface area contributed by atoms with Crippen molar-refractivity contribution < 1.29 is 27.4 Å². The monoisotopic (exact) mass is 472 g/mol. The molecule has 2 aliphatic rings. The summed E-state index contributed by atoms with van der Waals surface area (Å²) >= 11 is 0. The van der Waals surface area contributed by atoms with E-state index in [1.165, 1.54) is 13.0 Å². The Morgan fingerprint density at radius 3 is 2.44 bits per heavy atom. The molecule has 1 fully saturated rings. The number of alkyl halides is 3. The van der Waals surface area contributed by atoms with Crippen LogP contribution in [0.5, 0.6) is 0 Å². The molecule has 4 atom stereocenters. The zero-order valence-electron chi connectivity index (χ0n) is 18.0. The second-order valence-corrected chi connectivity index (χ2v) is 8.62. The highest BCUT2D eigenvalue weighted by Crippen LogP contribution is 2.60. The largest absolute Gasteiger partial charge is 0.404 e. The van der Waals surface area contributed by atoms with Gasteiger partial charge in [0.2, 0.25) is 11.7 Å². The van der Waals surface area contributed by atoms with Crippen LogP contribution in [0.1, 0.15) is 40.0 Å². The lowest BCUT2D eigenvalue weighted by Crippen LogP contribution is -2.52. The summed E-state index contributed by atoms with van der Waals surface area (Å²) in [5.74, 6) is -3.94. The highest BCUT2D eigenvalue weighted by atomic mass is 19.4. The predicted molar refractivity (Wildman–Crippen MR) is 114 cm³/mol. The SMILES string of the molecule is Cc1ccc([C@H]2[C@H](C(F)(F)F)N[C@@]3(C(=O)Nc4ccccc43)[C@@H]2c2onc(C)c2[N+](=O)[O-])cc1. The first-order valence-electron chi connectivity index (χ1n) is 10.5. The molecular formula is C23H19F3N4O4. The molecule has 2 aliphatic heterocycles. The van der Waals surface area contributed by atoms with Gasteiger partial charge in [-0.15, -0.1) is 0 Å². The Labute approximate surface area is 191 Å². The number of halogens is 3. The van der Waals surface area contributed by atoms with E-state index in [0.29, 0.717) is 5.69 Å². The Bertz CT molecular complexity index is 1300. The van der Waals surface area contributed by atoms with Gasteiger partial charge in [0.1, 0.15) is 11.6 Å². The summed E-state index contributed by atoms with van der Waals surface area (Å²) in [6.45, 7) is 3.13. The molecule has 3 aromatic rings. The van der Waals surface area contributed by atoms with Gasteiger partial charge in [-0.05, 0) is 25.5 Å². The summed E-state index contributed by atoms with van der Waals surface area (Å²) in [6, 6.07) is 10.6. The summed E-state index contributed by atoms with van der Waals surface area (Å²) in [5, 5.41) is 20.8. The third-order valence-corrected chi connectivity index (χ3v) is 6.66. The number of hydrogen-bond acceptors (Lipinski definition) is 6. The lowest BCUT2D eigenvalue weighted by molar-refractivity contribution is -0.386. The third-order valence-electron chi connectivity index (χ3n) is 6.66. The minimum atomic E-state index is -4.78. The molecule has 0 aliphatic carbocycles. The first-order chi connectivity index (χ1) is 16.1. The van der Waals surface area contributed by atoms with E-state index in [9.17, 15) is 28.1 Å². The maximum atomic E-state index is 14.5. The third kappa shape index (κ3) is 3.03. The second kappa shape index (κ2) is 7.39. The number of para-hydroxylation sites is 1. The fraction of sp³-hybridized carbons (Fsp3) is 0.304. The van der Waals surface area contributed by atoms with E-state index in [4.69, 9.17) is 4.52 Å². The topological polar surface area (TPSA) is 110 Å². The van der Waals surface area contributed by atoms with Gasteiger partial charge in [-0.25, -0.2) is 0 Å². The van der Waals surface area contributed by atoms with Crippen LogP contribution in [0.3, 0.4) is 0 Å². The van der Waals surface area contributed by atoms with Gasteiger partial charge in [-0.1, -0.05) is 53.2 Å². The lowest BCUT2D eigenvalue weighted by atomic mass is 9.71. The molecule has 0 unspecified atom stereocenters. The minimum Gasteiger partial charge on any atom is -0.353 e. The van der Waals surface area contributed by atoms with Crippen molar-refractivity contribution in [2.45, 2.75) is 43.4 Å². The number of nitro groups is 1. The molecule has 0 bridgehead atoms. The van der Waals surface area contributed by atoms with Crippen molar-refractivity contribution in [2.24, 2.45) is 0 Å². The van der Waals surface area contributed by atoms with Crippen LogP contribution in [-0.2, 0) is 10.3 Å². The van der Waals surface area contributed by atoms with E-state index in [2.05, 4.69) is 15.8 Å². The van der Waals surface area contributed by atoms with Crippen LogP contribution in [0.2, 0.25) is 0 Å². The number of fused-ring (bicyclic) bond motifs is 2. The van der Waals surface area contributed by atoms with Gasteiger partial charge in [0.25, 0.3) is 0 Å². The van der Waals surface area contributed by atoms with E-state index < -0.39 is 46.1 Å². The number of aryl methyl sites for hydroxylation is 2. The molecule has 1 spiro atoms. The van der Waals surface area contributed by atoms with Gasteiger partial charge in [-0.2, -0.15) is 13.2 Å². The molecule has 2 aromatic carbocycles. The summed E-state index contributed by atoms with van der Waals surface area (Å²) in [4.78, 5) is 24.6. The van der Waals surface area contributed by atoms with Gasteiger partial charge >= 0.3 is 11.9 Å². The zero-order chi connectivity index (χ0) is 24.4. The molecule has 1 saturated heterocycles. The summed E-state index contributed by atoms with van der Waals surface area (Å²) in [7, 11) is 0. The van der Waals surface area contributed by atoms with Crippen molar-refractivity contribution >= 4 is 17.3 Å². The Morgan fingerprint density at radius 1 is 1.12 bits per heavy atom. The fourth-order valence-corrected chi connectivity index (χ4v) is 5.25. The van der Waals surface area contributed by atoms with Crippen LogP contribution in [0.15, 0.2) is 53.1 Å². The molecular weight excluding hydrogens is 453 g/mol. The maximum absolute atomic E-state index is 14.5. The Hall–Kier alpha value is -3.73. The molecule has 2 N–H and O–H groups in total. The molecule has 176 valence electrons. The standard InChI is InChI=1S/C23H19F3N4O4/c1-11-7-9-13(10-8-11)16-17(19-18(30(32)33)12(2)29-34-19)22(28-20(16)23(24,25)26)14-5-3-4-6-15(14)27-21(22)31/h3-10,16-17,20,28H,1-2H3,(H,27,31)/t16-,17+,20-,22-/m1/s1. The van der Waals surface area contributed by atoms with Crippen molar-refractivity contribution in [1.82, 2.24) is 10.5 Å². The van der Waals surface area contributed by atoms with Crippen LogP contribution < -0.4 is 10.6 Å². The van der Waals surface area contributed by atoms with Gasteiger partial charge in [-0.3, -0.25) is 20.2 Å². The number of rotatable bonds is 3. The van der Waals surface area contributed by atoms with Crippen molar-refractivity contribution in [3.8, 4) is 0 Å². The second-order valence-electron chi connectivity index (χ2n) is 8.62. The quantitative estimate of drug-likeness (QED) is 0.431. The van der Waals surface area contributed by atoms with Crippen molar-refractivity contribution in [1.29, 1.82) is 0 Å². The number of benzene rings is 2. The summed E-state index contributed by atoms with van der Waals surface area (Å²) in [5.41, 5.74) is -0.907. The first kappa shape index (κ1) is 22.1. The van der Waals surface area contributed by atoms with E-state index >= 15 is 0 Å². The van der Waals surface area contributed by atoms with Crippen LogP contribution in [0.4, 0.5) is 24.5 Å². The average molecular weight is 472 g/mol. The molecule has 0 radical (unpaired) electrons. The van der Waals surface area contributed by atoms with Crippen LogP contribution >= 0.6 is 0 Å². The minimum absolute atomic E-state index is 0.0834. The van der Waals surface area contributed by atoms with Gasteiger partial charge < -0.3 is 9.84 Å². The molecule has 3 heterocycles. The predicted octanol–water partition coefficient (Wildman–Crippen LogP) is 4.45. The number of aromatic nitrogens is 1. The Kier molecular flexibility index (Phi) is 4.80. The fourth-order valence-electron chi connectivity index (χ4n) is 5.25. The molecule has 8 nitrogen and oxygen atoms in total. The Morgan fingerprint density at radius 2 is 1.79 bits per heavy atom. The number of nitrogens with one attached hydrogen (secondary N) is 2. The number of nitrogens with zero attached hydrogens (tertiary/aromatic N) is 2. The number of amides is 1. The average Bonchev–Trinajstić information content (AvgIpc) is 3.41. The molecule has 0 saturated carbocycles. The number of carbonyl (C=O) groups excluding carboxylic acids is 1. The van der Waals surface area contributed by atoms with Crippen molar-refractivity contribution in [3.63, 3.8) is 0 Å². The van der Waals surface area contributed by atoms with Crippen molar-refractivity contribution in [3.05, 3.63) is 86.8 Å². The van der Waals surface area contributed by atoms with E-state index in [1.54, 1.807) is 49.4 Å². The van der Waals surface area contributed by atoms with Crippen LogP contribution in [0, 0.1) is 24.0 Å². The zero-order valence-corrected chi connectivity index (χ0v) is 18.0. The molecule has 1 aromatic heterocycles.